The Morgan fingerprint density at radius 1 is 1.04 bits per heavy atom. The van der Waals surface area contributed by atoms with E-state index < -0.39 is 0 Å². The molecule has 2 heterocycles. The van der Waals surface area contributed by atoms with E-state index in [0.29, 0.717) is 32.0 Å². The minimum atomic E-state index is 0.0658. The first-order chi connectivity index (χ1) is 13.0. The Bertz CT molecular complexity index is 643. The zero-order valence-corrected chi connectivity index (χ0v) is 16.6. The van der Waals surface area contributed by atoms with Crippen molar-refractivity contribution in [3.05, 3.63) is 17.0 Å². The molecule has 1 aliphatic carbocycles. The molecule has 1 aromatic rings. The van der Waals surface area contributed by atoms with Crippen LogP contribution in [0.1, 0.15) is 68.3 Å². The number of carbonyl (C=O) groups is 2. The summed E-state index contributed by atoms with van der Waals surface area (Å²) in [5, 5.41) is 13.5. The number of carbonyl (C=O) groups excluding carboxylic acids is 2. The van der Waals surface area contributed by atoms with E-state index in [-0.39, 0.29) is 18.0 Å². The number of amides is 3. The number of aryl methyl sites for hydroxylation is 2. The minimum Gasteiger partial charge on any atom is -0.353 e. The van der Waals surface area contributed by atoms with Crippen LogP contribution in [0.5, 0.6) is 0 Å². The third kappa shape index (κ3) is 5.47. The molecule has 0 spiro atoms. The lowest BCUT2D eigenvalue weighted by atomic mass is 9.95. The highest BCUT2D eigenvalue weighted by molar-refractivity contribution is 5.77. The van der Waals surface area contributed by atoms with Crippen LogP contribution in [0, 0.1) is 13.8 Å². The summed E-state index contributed by atoms with van der Waals surface area (Å²) >= 11 is 0. The molecule has 0 radical (unpaired) electrons. The first kappa shape index (κ1) is 19.7. The lowest BCUT2D eigenvalue weighted by Crippen LogP contribution is -2.51. The maximum absolute atomic E-state index is 12.4. The van der Waals surface area contributed by atoms with Gasteiger partial charge in [-0.1, -0.05) is 19.3 Å². The first-order valence-electron chi connectivity index (χ1n) is 10.4. The standard InChI is InChI=1S/C20H33N5O2/c1-14-15(2)23-24-18(14)8-9-19(26)21-17-10-12-25(13-11-17)20(27)22-16-6-4-3-5-7-16/h16-17H,3-13H2,1-2H3,(H,21,26)(H,22,27)(H,23,24). The summed E-state index contributed by atoms with van der Waals surface area (Å²) < 4.78 is 0. The molecular weight excluding hydrogens is 342 g/mol. The molecule has 0 unspecified atom stereocenters. The first-order valence-corrected chi connectivity index (χ1v) is 10.4. The average molecular weight is 376 g/mol. The van der Waals surface area contributed by atoms with Crippen molar-refractivity contribution in [3.63, 3.8) is 0 Å². The smallest absolute Gasteiger partial charge is 0.317 e. The molecule has 0 atom stereocenters. The van der Waals surface area contributed by atoms with Gasteiger partial charge in [-0.25, -0.2) is 4.79 Å². The summed E-state index contributed by atoms with van der Waals surface area (Å²) in [7, 11) is 0. The van der Waals surface area contributed by atoms with Gasteiger partial charge in [0.2, 0.25) is 5.91 Å². The van der Waals surface area contributed by atoms with Crippen LogP contribution in [-0.4, -0.2) is 52.2 Å². The Morgan fingerprint density at radius 2 is 1.70 bits per heavy atom. The number of hydrogen-bond acceptors (Lipinski definition) is 3. The van der Waals surface area contributed by atoms with Crippen LogP contribution in [0.3, 0.4) is 0 Å². The second-order valence-corrected chi connectivity index (χ2v) is 8.03. The third-order valence-corrected chi connectivity index (χ3v) is 6.02. The van der Waals surface area contributed by atoms with Gasteiger partial charge >= 0.3 is 6.03 Å². The Labute approximate surface area is 161 Å². The second-order valence-electron chi connectivity index (χ2n) is 8.03. The number of hydrogen-bond donors (Lipinski definition) is 3. The predicted molar refractivity (Wildman–Crippen MR) is 105 cm³/mol. The number of nitrogens with one attached hydrogen (secondary N) is 3. The van der Waals surface area contributed by atoms with Gasteiger partial charge in [-0.3, -0.25) is 9.89 Å². The number of nitrogens with zero attached hydrogens (tertiary/aromatic N) is 2. The molecule has 1 saturated heterocycles. The third-order valence-electron chi connectivity index (χ3n) is 6.02. The van der Waals surface area contributed by atoms with Crippen molar-refractivity contribution in [2.24, 2.45) is 0 Å². The number of likely N-dealkylation sites (tertiary alicyclic amines) is 1. The van der Waals surface area contributed by atoms with Gasteiger partial charge in [0.1, 0.15) is 0 Å². The highest BCUT2D eigenvalue weighted by Gasteiger charge is 2.25. The molecule has 0 bridgehead atoms. The van der Waals surface area contributed by atoms with Gasteiger partial charge in [-0.15, -0.1) is 0 Å². The van der Waals surface area contributed by atoms with E-state index in [1.54, 1.807) is 0 Å². The maximum atomic E-state index is 12.4. The van der Waals surface area contributed by atoms with Crippen molar-refractivity contribution >= 4 is 11.9 Å². The molecule has 2 fully saturated rings. The summed E-state index contributed by atoms with van der Waals surface area (Å²) in [6.45, 7) is 5.44. The average Bonchev–Trinajstić information content (AvgIpc) is 3.00. The number of urea groups is 1. The van der Waals surface area contributed by atoms with Crippen molar-refractivity contribution in [2.75, 3.05) is 13.1 Å². The minimum absolute atomic E-state index is 0.0658. The lowest BCUT2D eigenvalue weighted by molar-refractivity contribution is -0.122. The van der Waals surface area contributed by atoms with E-state index in [1.165, 1.54) is 19.3 Å². The quantitative estimate of drug-likeness (QED) is 0.739. The van der Waals surface area contributed by atoms with Crippen molar-refractivity contribution in [3.8, 4) is 0 Å². The molecule has 1 saturated carbocycles. The number of aromatic amines is 1. The fraction of sp³-hybridized carbons (Fsp3) is 0.750. The topological polar surface area (TPSA) is 90.1 Å². The molecule has 2 aliphatic rings. The normalized spacial score (nSPS) is 19.1. The van der Waals surface area contributed by atoms with Crippen molar-refractivity contribution in [1.29, 1.82) is 0 Å². The maximum Gasteiger partial charge on any atom is 0.317 e. The van der Waals surface area contributed by atoms with Crippen LogP contribution < -0.4 is 10.6 Å². The molecule has 1 aliphatic heterocycles. The SMILES string of the molecule is Cc1[nH]nc(CCC(=O)NC2CCN(C(=O)NC3CCCCC3)CC2)c1C. The Hall–Kier alpha value is -2.05. The van der Waals surface area contributed by atoms with Gasteiger partial charge in [-0.2, -0.15) is 5.10 Å². The fourth-order valence-electron chi connectivity index (χ4n) is 4.05. The van der Waals surface area contributed by atoms with E-state index in [2.05, 4.69) is 20.8 Å². The van der Waals surface area contributed by atoms with Gasteiger partial charge in [0.05, 0.1) is 5.69 Å². The van der Waals surface area contributed by atoms with E-state index in [9.17, 15) is 9.59 Å². The summed E-state index contributed by atoms with van der Waals surface area (Å²) in [5.74, 6) is 0.0696. The molecule has 3 rings (SSSR count). The molecule has 7 heteroatoms. The fourth-order valence-corrected chi connectivity index (χ4v) is 4.05. The molecule has 0 aromatic carbocycles. The number of rotatable bonds is 5. The zero-order chi connectivity index (χ0) is 19.2. The zero-order valence-electron chi connectivity index (χ0n) is 16.6. The summed E-state index contributed by atoms with van der Waals surface area (Å²) in [4.78, 5) is 26.5. The van der Waals surface area contributed by atoms with Crippen molar-refractivity contribution in [2.45, 2.75) is 83.7 Å². The van der Waals surface area contributed by atoms with E-state index in [0.717, 1.165) is 42.6 Å². The van der Waals surface area contributed by atoms with E-state index in [4.69, 9.17) is 0 Å². The Kier molecular flexibility index (Phi) is 6.74. The molecule has 27 heavy (non-hydrogen) atoms. The van der Waals surface area contributed by atoms with E-state index in [1.807, 2.05) is 18.7 Å². The van der Waals surface area contributed by atoms with Crippen LogP contribution in [-0.2, 0) is 11.2 Å². The molecule has 150 valence electrons. The Morgan fingerprint density at radius 3 is 2.33 bits per heavy atom. The number of aromatic nitrogens is 2. The summed E-state index contributed by atoms with van der Waals surface area (Å²) in [6.07, 6.45) is 8.69. The molecule has 3 amide bonds. The highest BCUT2D eigenvalue weighted by atomic mass is 16.2. The van der Waals surface area contributed by atoms with Gasteiger partial charge in [-0.05, 0) is 45.1 Å². The van der Waals surface area contributed by atoms with Crippen molar-refractivity contribution in [1.82, 2.24) is 25.7 Å². The van der Waals surface area contributed by atoms with Crippen LogP contribution in [0.2, 0.25) is 0 Å². The van der Waals surface area contributed by atoms with Crippen LogP contribution >= 0.6 is 0 Å². The number of piperidine rings is 1. The number of H-pyrrole nitrogens is 1. The van der Waals surface area contributed by atoms with Crippen LogP contribution in [0.15, 0.2) is 0 Å². The van der Waals surface area contributed by atoms with Gasteiger partial charge in [0.15, 0.2) is 0 Å². The lowest BCUT2D eigenvalue weighted by Gasteiger charge is -2.34. The van der Waals surface area contributed by atoms with Crippen molar-refractivity contribution < 1.29 is 9.59 Å². The molecule has 7 nitrogen and oxygen atoms in total. The van der Waals surface area contributed by atoms with Crippen LogP contribution in [0.25, 0.3) is 0 Å². The predicted octanol–water partition coefficient (Wildman–Crippen LogP) is 2.58. The summed E-state index contributed by atoms with van der Waals surface area (Å²) in [6, 6.07) is 0.576. The largest absolute Gasteiger partial charge is 0.353 e. The molecule has 3 N–H and O–H groups in total. The van der Waals surface area contributed by atoms with Gasteiger partial charge in [0, 0.05) is 43.7 Å². The van der Waals surface area contributed by atoms with E-state index >= 15 is 0 Å². The highest BCUT2D eigenvalue weighted by Crippen LogP contribution is 2.18. The van der Waals surface area contributed by atoms with Crippen LogP contribution in [0.4, 0.5) is 4.79 Å². The van der Waals surface area contributed by atoms with Gasteiger partial charge < -0.3 is 15.5 Å². The summed E-state index contributed by atoms with van der Waals surface area (Å²) in [5.41, 5.74) is 3.17. The molecule has 1 aromatic heterocycles. The molecular formula is C20H33N5O2. The van der Waals surface area contributed by atoms with Gasteiger partial charge in [0.25, 0.3) is 0 Å². The second kappa shape index (κ2) is 9.24. The monoisotopic (exact) mass is 375 g/mol. The Balaban J connectivity index is 1.35.